The van der Waals surface area contributed by atoms with Crippen LogP contribution in [-0.4, -0.2) is 34.2 Å². The van der Waals surface area contributed by atoms with Gasteiger partial charge in [-0.3, -0.25) is 14.5 Å². The number of thioether (sulfide) groups is 1. The number of hydrogen-bond acceptors (Lipinski definition) is 4. The molecule has 134 valence electrons. The molecule has 0 saturated carbocycles. The second kappa shape index (κ2) is 8.01. The molecule has 1 heterocycles. The van der Waals surface area contributed by atoms with Crippen molar-refractivity contribution in [3.05, 3.63) is 58.8 Å². The number of amides is 2. The van der Waals surface area contributed by atoms with E-state index in [1.165, 1.54) is 40.9 Å². The first-order valence-corrected chi connectivity index (χ1v) is 9.43. The second-order valence-electron chi connectivity index (χ2n) is 5.63. The first kappa shape index (κ1) is 18.6. The molecule has 0 spiro atoms. The van der Waals surface area contributed by atoms with Gasteiger partial charge in [0, 0.05) is 23.6 Å². The van der Waals surface area contributed by atoms with Gasteiger partial charge in [-0.25, -0.2) is 9.38 Å². The Morgan fingerprint density at radius 2 is 1.88 bits per heavy atom. The first-order chi connectivity index (χ1) is 12.4. The van der Waals surface area contributed by atoms with Crippen LogP contribution in [0.1, 0.15) is 6.42 Å². The van der Waals surface area contributed by atoms with E-state index in [-0.39, 0.29) is 24.1 Å². The Kier molecular flexibility index (Phi) is 5.73. The number of nitrogens with one attached hydrogen (secondary N) is 1. The zero-order valence-electron chi connectivity index (χ0n) is 13.8. The number of carbonyl (C=O) groups is 2. The Morgan fingerprint density at radius 1 is 1.23 bits per heavy atom. The lowest BCUT2D eigenvalue weighted by Gasteiger charge is -2.09. The van der Waals surface area contributed by atoms with Crippen LogP contribution in [0.15, 0.2) is 58.0 Å². The van der Waals surface area contributed by atoms with Crippen LogP contribution in [0.3, 0.4) is 0 Å². The van der Waals surface area contributed by atoms with Crippen LogP contribution in [-0.2, 0) is 9.59 Å². The highest BCUT2D eigenvalue weighted by Gasteiger charge is 2.36. The molecule has 0 unspecified atom stereocenters. The summed E-state index contributed by atoms with van der Waals surface area (Å²) in [6.07, 6.45) is 0.0480. The summed E-state index contributed by atoms with van der Waals surface area (Å²) in [6, 6.07) is 12.9. The Bertz CT molecular complexity index is 856. The highest BCUT2D eigenvalue weighted by Crippen LogP contribution is 2.30. The summed E-state index contributed by atoms with van der Waals surface area (Å²) in [7, 11) is 1.62. The molecule has 1 fully saturated rings. The average molecular weight is 436 g/mol. The molecule has 2 aromatic rings. The number of rotatable bonds is 4. The Balaban J connectivity index is 1.65. The summed E-state index contributed by atoms with van der Waals surface area (Å²) in [6.45, 7) is 0. The number of amidine groups is 1. The molecule has 1 saturated heterocycles. The van der Waals surface area contributed by atoms with Gasteiger partial charge < -0.3 is 5.32 Å². The molecule has 8 heteroatoms. The van der Waals surface area contributed by atoms with E-state index >= 15 is 0 Å². The normalized spacial score (nSPS) is 18.4. The van der Waals surface area contributed by atoms with Gasteiger partial charge in [0.2, 0.25) is 11.8 Å². The molecule has 0 bridgehead atoms. The van der Waals surface area contributed by atoms with Crippen molar-refractivity contribution in [3.8, 4) is 0 Å². The smallest absolute Gasteiger partial charge is 0.242 e. The molecule has 1 aliphatic rings. The molecular formula is C18H15BrFN3O2S. The predicted octanol–water partition coefficient (Wildman–Crippen LogP) is 4.18. The summed E-state index contributed by atoms with van der Waals surface area (Å²) in [5.41, 5.74) is 1.22. The van der Waals surface area contributed by atoms with Gasteiger partial charge in [0.15, 0.2) is 5.17 Å². The number of halogens is 2. The fraction of sp³-hybridized carbons (Fsp3) is 0.167. The number of hydrogen-bond donors (Lipinski definition) is 1. The quantitative estimate of drug-likeness (QED) is 0.783. The summed E-state index contributed by atoms with van der Waals surface area (Å²) < 4.78 is 13.9. The maximum atomic E-state index is 13.0. The van der Waals surface area contributed by atoms with Crippen LogP contribution >= 0.6 is 27.7 Å². The lowest BCUT2D eigenvalue weighted by Crippen LogP contribution is -2.30. The van der Waals surface area contributed by atoms with Crippen molar-refractivity contribution in [2.75, 3.05) is 12.4 Å². The zero-order valence-corrected chi connectivity index (χ0v) is 16.2. The number of anilines is 1. The number of aliphatic imine (C=N–C) groups is 1. The summed E-state index contributed by atoms with van der Waals surface area (Å²) in [4.78, 5) is 30.4. The highest BCUT2D eigenvalue weighted by atomic mass is 79.9. The summed E-state index contributed by atoms with van der Waals surface area (Å²) in [5.74, 6) is -0.767. The van der Waals surface area contributed by atoms with Crippen molar-refractivity contribution in [2.45, 2.75) is 11.7 Å². The standard InChI is InChI=1S/C18H15BrFN3O2S/c1-23-17(25)15(10-16(24)21-13-6-2-11(19)3-7-13)26-18(23)22-14-8-4-12(20)5-9-14/h2-9,15H,10H2,1H3,(H,21,24)/t15-/m0/s1. The van der Waals surface area contributed by atoms with E-state index in [1.54, 1.807) is 19.2 Å². The first-order valence-electron chi connectivity index (χ1n) is 7.76. The van der Waals surface area contributed by atoms with Crippen LogP contribution in [0, 0.1) is 5.82 Å². The van der Waals surface area contributed by atoms with E-state index in [2.05, 4.69) is 26.2 Å². The molecule has 1 aliphatic heterocycles. The van der Waals surface area contributed by atoms with Crippen molar-refractivity contribution in [3.63, 3.8) is 0 Å². The van der Waals surface area contributed by atoms with Crippen LogP contribution in [0.2, 0.25) is 0 Å². The minimum Gasteiger partial charge on any atom is -0.326 e. The lowest BCUT2D eigenvalue weighted by molar-refractivity contribution is -0.127. The molecule has 26 heavy (non-hydrogen) atoms. The Labute approximate surface area is 162 Å². The Hall–Kier alpha value is -2.19. The largest absolute Gasteiger partial charge is 0.326 e. The monoisotopic (exact) mass is 435 g/mol. The molecule has 0 aromatic heterocycles. The zero-order chi connectivity index (χ0) is 18.7. The van der Waals surface area contributed by atoms with E-state index < -0.39 is 5.25 Å². The van der Waals surface area contributed by atoms with Crippen LogP contribution < -0.4 is 5.32 Å². The minimum atomic E-state index is -0.533. The number of carbonyl (C=O) groups excluding carboxylic acids is 2. The third-order valence-corrected chi connectivity index (χ3v) is 5.45. The third-order valence-electron chi connectivity index (χ3n) is 3.69. The summed E-state index contributed by atoms with van der Waals surface area (Å²) >= 11 is 4.57. The van der Waals surface area contributed by atoms with Crippen molar-refractivity contribution in [2.24, 2.45) is 4.99 Å². The van der Waals surface area contributed by atoms with Gasteiger partial charge in [-0.05, 0) is 48.5 Å². The molecule has 3 rings (SSSR count). The van der Waals surface area contributed by atoms with Crippen LogP contribution in [0.4, 0.5) is 15.8 Å². The molecule has 0 aliphatic carbocycles. The minimum absolute atomic E-state index is 0.0480. The molecule has 1 N–H and O–H groups in total. The number of benzene rings is 2. The molecule has 5 nitrogen and oxygen atoms in total. The second-order valence-corrected chi connectivity index (χ2v) is 7.72. The van der Waals surface area contributed by atoms with Gasteiger partial charge in [0.25, 0.3) is 0 Å². The SMILES string of the molecule is CN1C(=O)[C@H](CC(=O)Nc2ccc(Br)cc2)SC1=Nc1ccc(F)cc1. The fourth-order valence-electron chi connectivity index (χ4n) is 2.34. The van der Waals surface area contributed by atoms with E-state index in [9.17, 15) is 14.0 Å². The van der Waals surface area contributed by atoms with Gasteiger partial charge in [-0.2, -0.15) is 0 Å². The van der Waals surface area contributed by atoms with E-state index in [4.69, 9.17) is 0 Å². The molecule has 0 radical (unpaired) electrons. The maximum absolute atomic E-state index is 13.0. The molecule has 1 atom stereocenters. The maximum Gasteiger partial charge on any atom is 0.242 e. The summed E-state index contributed by atoms with van der Waals surface area (Å²) in [5, 5.41) is 2.73. The Morgan fingerprint density at radius 3 is 2.54 bits per heavy atom. The van der Waals surface area contributed by atoms with Gasteiger partial charge in [-0.15, -0.1) is 0 Å². The third kappa shape index (κ3) is 4.50. The number of nitrogens with zero attached hydrogens (tertiary/aromatic N) is 2. The molecule has 2 amide bonds. The van der Waals surface area contributed by atoms with Crippen molar-refractivity contribution in [1.82, 2.24) is 4.90 Å². The highest BCUT2D eigenvalue weighted by molar-refractivity contribution is 9.10. The predicted molar refractivity (Wildman–Crippen MR) is 105 cm³/mol. The van der Waals surface area contributed by atoms with Crippen LogP contribution in [0.25, 0.3) is 0 Å². The topological polar surface area (TPSA) is 61.8 Å². The average Bonchev–Trinajstić information content (AvgIpc) is 2.87. The van der Waals surface area contributed by atoms with E-state index in [0.717, 1.165) is 4.47 Å². The van der Waals surface area contributed by atoms with E-state index in [1.807, 2.05) is 12.1 Å². The molecular weight excluding hydrogens is 421 g/mol. The van der Waals surface area contributed by atoms with E-state index in [0.29, 0.717) is 16.5 Å². The van der Waals surface area contributed by atoms with Gasteiger partial charge >= 0.3 is 0 Å². The fourth-order valence-corrected chi connectivity index (χ4v) is 3.76. The van der Waals surface area contributed by atoms with Crippen molar-refractivity contribution >= 4 is 56.0 Å². The van der Waals surface area contributed by atoms with Gasteiger partial charge in [0.05, 0.1) is 5.69 Å². The molecule has 2 aromatic carbocycles. The van der Waals surface area contributed by atoms with Gasteiger partial charge in [0.1, 0.15) is 11.1 Å². The van der Waals surface area contributed by atoms with Gasteiger partial charge in [-0.1, -0.05) is 27.7 Å². The lowest BCUT2D eigenvalue weighted by atomic mass is 10.2. The van der Waals surface area contributed by atoms with Crippen molar-refractivity contribution in [1.29, 1.82) is 0 Å². The van der Waals surface area contributed by atoms with Crippen molar-refractivity contribution < 1.29 is 14.0 Å². The van der Waals surface area contributed by atoms with Crippen LogP contribution in [0.5, 0.6) is 0 Å².